The van der Waals surface area contributed by atoms with Crippen LogP contribution in [0.2, 0.25) is 0 Å². The summed E-state index contributed by atoms with van der Waals surface area (Å²) in [5.74, 6) is -0.616. The Labute approximate surface area is 110 Å². The largest absolute Gasteiger partial charge is 0.478 e. The number of carboxylic acid groups (broad SMARTS) is 1. The summed E-state index contributed by atoms with van der Waals surface area (Å²) in [7, 11) is 0. The summed E-state index contributed by atoms with van der Waals surface area (Å²) < 4.78 is 0. The Morgan fingerprint density at radius 3 is 2.63 bits per heavy atom. The lowest BCUT2D eigenvalue weighted by molar-refractivity contribution is 0.0695. The summed E-state index contributed by atoms with van der Waals surface area (Å²) in [5, 5.41) is 11.9. The van der Waals surface area contributed by atoms with Gasteiger partial charge in [-0.3, -0.25) is 4.98 Å². The Balaban J connectivity index is 2.06. The third-order valence-corrected chi connectivity index (χ3v) is 2.63. The fourth-order valence-corrected chi connectivity index (χ4v) is 1.55. The van der Waals surface area contributed by atoms with Gasteiger partial charge in [-0.05, 0) is 25.5 Å². The number of carbonyl (C=O) groups is 1. The zero-order chi connectivity index (χ0) is 13.8. The molecule has 0 saturated heterocycles. The molecule has 0 aliphatic rings. The minimum absolute atomic E-state index is 0.113. The first-order valence-corrected chi connectivity index (χ1v) is 5.78. The van der Waals surface area contributed by atoms with Crippen LogP contribution in [0.25, 0.3) is 0 Å². The molecule has 6 nitrogen and oxygen atoms in total. The van der Waals surface area contributed by atoms with Crippen LogP contribution < -0.4 is 5.32 Å². The second-order valence-electron chi connectivity index (χ2n) is 4.16. The summed E-state index contributed by atoms with van der Waals surface area (Å²) in [4.78, 5) is 23.1. The van der Waals surface area contributed by atoms with E-state index in [1.165, 1.54) is 6.20 Å². The van der Waals surface area contributed by atoms with Crippen molar-refractivity contribution in [2.75, 3.05) is 5.32 Å². The topological polar surface area (TPSA) is 88.0 Å². The van der Waals surface area contributed by atoms with Crippen molar-refractivity contribution >= 4 is 11.9 Å². The lowest BCUT2D eigenvalue weighted by Crippen LogP contribution is -2.08. The standard InChI is InChI=1S/C13H14N4O2/c1-8-3-4-10(5-14-8)6-15-13-16-7-11(12(18)19)9(2)17-13/h3-5,7H,6H2,1-2H3,(H,18,19)(H,15,16,17). The van der Waals surface area contributed by atoms with E-state index in [0.717, 1.165) is 11.3 Å². The summed E-state index contributed by atoms with van der Waals surface area (Å²) in [5.41, 5.74) is 2.52. The first-order chi connectivity index (χ1) is 9.06. The van der Waals surface area contributed by atoms with Gasteiger partial charge >= 0.3 is 5.97 Å². The SMILES string of the molecule is Cc1ccc(CNc2ncc(C(=O)O)c(C)n2)cn1. The zero-order valence-electron chi connectivity index (χ0n) is 10.7. The lowest BCUT2D eigenvalue weighted by atomic mass is 10.2. The highest BCUT2D eigenvalue weighted by atomic mass is 16.4. The molecule has 0 unspecified atom stereocenters. The van der Waals surface area contributed by atoms with E-state index in [9.17, 15) is 4.79 Å². The number of nitrogens with zero attached hydrogens (tertiary/aromatic N) is 3. The highest BCUT2D eigenvalue weighted by Gasteiger charge is 2.09. The van der Waals surface area contributed by atoms with Gasteiger partial charge in [-0.1, -0.05) is 6.07 Å². The molecule has 98 valence electrons. The van der Waals surface area contributed by atoms with Crippen molar-refractivity contribution in [1.29, 1.82) is 0 Å². The van der Waals surface area contributed by atoms with Crippen molar-refractivity contribution in [1.82, 2.24) is 15.0 Å². The maximum atomic E-state index is 10.8. The van der Waals surface area contributed by atoms with Crippen LogP contribution in [-0.2, 0) is 6.54 Å². The van der Waals surface area contributed by atoms with Gasteiger partial charge in [-0.2, -0.15) is 0 Å². The average molecular weight is 258 g/mol. The quantitative estimate of drug-likeness (QED) is 0.869. The first kappa shape index (κ1) is 12.9. The van der Waals surface area contributed by atoms with Gasteiger partial charge in [0.1, 0.15) is 0 Å². The molecule has 0 aliphatic heterocycles. The highest BCUT2D eigenvalue weighted by Crippen LogP contribution is 2.08. The normalized spacial score (nSPS) is 10.2. The summed E-state index contributed by atoms with van der Waals surface area (Å²) in [6, 6.07) is 3.89. The van der Waals surface area contributed by atoms with Crippen LogP contribution in [0.1, 0.15) is 27.3 Å². The van der Waals surface area contributed by atoms with Gasteiger partial charge < -0.3 is 10.4 Å². The number of pyridine rings is 1. The van der Waals surface area contributed by atoms with Gasteiger partial charge in [0.05, 0.1) is 11.3 Å². The molecule has 0 saturated carbocycles. The first-order valence-electron chi connectivity index (χ1n) is 5.78. The van der Waals surface area contributed by atoms with Crippen LogP contribution in [0.15, 0.2) is 24.5 Å². The number of aromatic nitrogens is 3. The third kappa shape index (κ3) is 3.25. The average Bonchev–Trinajstić information content (AvgIpc) is 2.37. The Hall–Kier alpha value is -2.50. The zero-order valence-corrected chi connectivity index (χ0v) is 10.7. The molecule has 2 heterocycles. The maximum absolute atomic E-state index is 10.8. The number of anilines is 1. The van der Waals surface area contributed by atoms with Crippen LogP contribution in [-0.4, -0.2) is 26.0 Å². The van der Waals surface area contributed by atoms with Crippen molar-refractivity contribution < 1.29 is 9.90 Å². The fourth-order valence-electron chi connectivity index (χ4n) is 1.55. The highest BCUT2D eigenvalue weighted by molar-refractivity contribution is 5.88. The molecule has 2 aromatic heterocycles. The molecule has 0 spiro atoms. The number of nitrogens with one attached hydrogen (secondary N) is 1. The van der Waals surface area contributed by atoms with E-state index in [0.29, 0.717) is 18.2 Å². The van der Waals surface area contributed by atoms with E-state index < -0.39 is 5.97 Å². The molecule has 0 fully saturated rings. The van der Waals surface area contributed by atoms with E-state index in [1.807, 2.05) is 19.1 Å². The Bertz CT molecular complexity index is 596. The van der Waals surface area contributed by atoms with Gasteiger partial charge in [-0.25, -0.2) is 14.8 Å². The van der Waals surface area contributed by atoms with Crippen LogP contribution in [0.4, 0.5) is 5.95 Å². The lowest BCUT2D eigenvalue weighted by Gasteiger charge is -2.06. The molecular weight excluding hydrogens is 244 g/mol. The second-order valence-corrected chi connectivity index (χ2v) is 4.16. The van der Waals surface area contributed by atoms with E-state index in [2.05, 4.69) is 20.3 Å². The van der Waals surface area contributed by atoms with Gasteiger partial charge in [0.15, 0.2) is 0 Å². The fraction of sp³-hybridized carbons (Fsp3) is 0.231. The van der Waals surface area contributed by atoms with Crippen molar-refractivity contribution in [2.45, 2.75) is 20.4 Å². The molecule has 2 rings (SSSR count). The van der Waals surface area contributed by atoms with Crippen molar-refractivity contribution in [2.24, 2.45) is 0 Å². The molecule has 2 N–H and O–H groups in total. The molecule has 0 radical (unpaired) electrons. The Morgan fingerprint density at radius 1 is 1.26 bits per heavy atom. The van der Waals surface area contributed by atoms with Crippen LogP contribution >= 0.6 is 0 Å². The maximum Gasteiger partial charge on any atom is 0.339 e. The molecule has 0 bridgehead atoms. The minimum Gasteiger partial charge on any atom is -0.478 e. The van der Waals surface area contributed by atoms with E-state index >= 15 is 0 Å². The summed E-state index contributed by atoms with van der Waals surface area (Å²) in [6.07, 6.45) is 3.08. The van der Waals surface area contributed by atoms with E-state index in [4.69, 9.17) is 5.11 Å². The van der Waals surface area contributed by atoms with Crippen LogP contribution in [0.3, 0.4) is 0 Å². The van der Waals surface area contributed by atoms with Crippen molar-refractivity contribution in [3.8, 4) is 0 Å². The van der Waals surface area contributed by atoms with Crippen molar-refractivity contribution in [3.05, 3.63) is 47.0 Å². The van der Waals surface area contributed by atoms with Gasteiger partial charge in [0, 0.05) is 24.6 Å². The number of carboxylic acids is 1. The smallest absolute Gasteiger partial charge is 0.339 e. The van der Waals surface area contributed by atoms with Gasteiger partial charge in [-0.15, -0.1) is 0 Å². The second kappa shape index (κ2) is 5.43. The number of hydrogen-bond acceptors (Lipinski definition) is 5. The van der Waals surface area contributed by atoms with Gasteiger partial charge in [0.25, 0.3) is 0 Å². The molecule has 0 aromatic carbocycles. The Morgan fingerprint density at radius 2 is 2.05 bits per heavy atom. The summed E-state index contributed by atoms with van der Waals surface area (Å²) in [6.45, 7) is 4.11. The number of hydrogen-bond donors (Lipinski definition) is 2. The predicted octanol–water partition coefficient (Wildman–Crippen LogP) is 1.80. The molecule has 6 heteroatoms. The Kier molecular flexibility index (Phi) is 3.70. The summed E-state index contributed by atoms with van der Waals surface area (Å²) >= 11 is 0. The van der Waals surface area contributed by atoms with Crippen LogP contribution in [0.5, 0.6) is 0 Å². The molecule has 19 heavy (non-hydrogen) atoms. The van der Waals surface area contributed by atoms with E-state index in [-0.39, 0.29) is 5.56 Å². The number of aromatic carboxylic acids is 1. The molecule has 2 aromatic rings. The number of aryl methyl sites for hydroxylation is 2. The van der Waals surface area contributed by atoms with Gasteiger partial charge in [0.2, 0.25) is 5.95 Å². The third-order valence-electron chi connectivity index (χ3n) is 2.63. The predicted molar refractivity (Wildman–Crippen MR) is 70.0 cm³/mol. The van der Waals surface area contributed by atoms with Crippen molar-refractivity contribution in [3.63, 3.8) is 0 Å². The monoisotopic (exact) mass is 258 g/mol. The molecule has 0 amide bonds. The number of rotatable bonds is 4. The van der Waals surface area contributed by atoms with Crippen LogP contribution in [0, 0.1) is 13.8 Å². The minimum atomic E-state index is -1.02. The van der Waals surface area contributed by atoms with E-state index in [1.54, 1.807) is 13.1 Å². The molecule has 0 atom stereocenters. The molecular formula is C13H14N4O2. The molecule has 0 aliphatic carbocycles.